The Hall–Kier alpha value is -3.25. The highest BCUT2D eigenvalue weighted by Gasteiger charge is 2.22. The van der Waals surface area contributed by atoms with Gasteiger partial charge in [0.05, 0.1) is 5.56 Å². The second-order valence-corrected chi connectivity index (χ2v) is 7.03. The van der Waals surface area contributed by atoms with Gasteiger partial charge in [-0.15, -0.1) is 11.8 Å². The average Bonchev–Trinajstić information content (AvgIpc) is 2.67. The standard InChI is InChI=1S/C21H18N2O3S/c22-16-7-4-8-18(13-16)27-19(14-5-2-1-3-6-14)20(24)23-17-11-9-15(10-12-17)21(25)26/h1-13,19H,22H2,(H,23,24)(H,25,26). The first-order valence-corrected chi connectivity index (χ1v) is 9.12. The van der Waals surface area contributed by atoms with Crippen molar-refractivity contribution < 1.29 is 14.7 Å². The predicted molar refractivity (Wildman–Crippen MR) is 108 cm³/mol. The molecular formula is C21H18N2O3S. The molecule has 6 heteroatoms. The van der Waals surface area contributed by atoms with E-state index in [4.69, 9.17) is 10.8 Å². The minimum absolute atomic E-state index is 0.168. The molecule has 1 amide bonds. The van der Waals surface area contributed by atoms with Gasteiger partial charge in [-0.25, -0.2) is 4.79 Å². The number of carboxylic acids is 1. The minimum atomic E-state index is -1.01. The number of nitrogen functional groups attached to an aromatic ring is 1. The van der Waals surface area contributed by atoms with Crippen molar-refractivity contribution in [3.05, 3.63) is 90.0 Å². The number of carboxylic acid groups (broad SMARTS) is 1. The maximum Gasteiger partial charge on any atom is 0.335 e. The van der Waals surface area contributed by atoms with E-state index in [0.29, 0.717) is 11.4 Å². The number of amides is 1. The number of thioether (sulfide) groups is 1. The van der Waals surface area contributed by atoms with E-state index in [9.17, 15) is 9.59 Å². The summed E-state index contributed by atoms with van der Waals surface area (Å²) in [6, 6.07) is 22.9. The molecule has 1 atom stereocenters. The molecule has 0 aliphatic rings. The molecule has 1 unspecified atom stereocenters. The number of anilines is 2. The van der Waals surface area contributed by atoms with E-state index in [-0.39, 0.29) is 11.5 Å². The van der Waals surface area contributed by atoms with Crippen molar-refractivity contribution in [1.82, 2.24) is 0 Å². The van der Waals surface area contributed by atoms with Gasteiger partial charge in [-0.05, 0) is 48.0 Å². The van der Waals surface area contributed by atoms with Crippen LogP contribution in [0.3, 0.4) is 0 Å². The summed E-state index contributed by atoms with van der Waals surface area (Å²) in [4.78, 5) is 24.8. The average molecular weight is 378 g/mol. The van der Waals surface area contributed by atoms with E-state index in [0.717, 1.165) is 10.5 Å². The Balaban J connectivity index is 1.83. The Labute approximate surface area is 161 Å². The summed E-state index contributed by atoms with van der Waals surface area (Å²) in [5.74, 6) is -1.20. The van der Waals surface area contributed by atoms with Crippen LogP contribution >= 0.6 is 11.8 Å². The van der Waals surface area contributed by atoms with Crippen molar-refractivity contribution in [3.8, 4) is 0 Å². The van der Waals surface area contributed by atoms with Crippen LogP contribution in [0.1, 0.15) is 21.2 Å². The number of aromatic carboxylic acids is 1. The van der Waals surface area contributed by atoms with Gasteiger partial charge in [0.25, 0.3) is 0 Å². The molecule has 136 valence electrons. The lowest BCUT2D eigenvalue weighted by atomic mass is 10.1. The van der Waals surface area contributed by atoms with Crippen molar-refractivity contribution in [2.45, 2.75) is 10.1 Å². The Kier molecular flexibility index (Phi) is 5.78. The van der Waals surface area contributed by atoms with E-state index < -0.39 is 11.2 Å². The third kappa shape index (κ3) is 4.89. The highest BCUT2D eigenvalue weighted by Crippen LogP contribution is 2.36. The zero-order chi connectivity index (χ0) is 19.2. The van der Waals surface area contributed by atoms with Crippen LogP contribution in [0.5, 0.6) is 0 Å². The van der Waals surface area contributed by atoms with Crippen LogP contribution in [-0.4, -0.2) is 17.0 Å². The highest BCUT2D eigenvalue weighted by molar-refractivity contribution is 8.00. The molecule has 0 saturated heterocycles. The Morgan fingerprint density at radius 2 is 1.63 bits per heavy atom. The van der Waals surface area contributed by atoms with E-state index in [1.807, 2.05) is 48.5 Å². The first kappa shape index (κ1) is 18.5. The number of rotatable bonds is 6. The van der Waals surface area contributed by atoms with Gasteiger partial charge in [0.1, 0.15) is 5.25 Å². The largest absolute Gasteiger partial charge is 0.478 e. The summed E-state index contributed by atoms with van der Waals surface area (Å²) < 4.78 is 0. The summed E-state index contributed by atoms with van der Waals surface area (Å²) in [7, 11) is 0. The van der Waals surface area contributed by atoms with Crippen LogP contribution < -0.4 is 11.1 Å². The minimum Gasteiger partial charge on any atom is -0.478 e. The monoisotopic (exact) mass is 378 g/mol. The van der Waals surface area contributed by atoms with Crippen LogP contribution in [0.25, 0.3) is 0 Å². The molecule has 4 N–H and O–H groups in total. The smallest absolute Gasteiger partial charge is 0.335 e. The van der Waals surface area contributed by atoms with E-state index in [1.165, 1.54) is 23.9 Å². The predicted octanol–water partition coefficient (Wildman–Crippen LogP) is 4.44. The molecule has 0 aromatic heterocycles. The van der Waals surface area contributed by atoms with Crippen molar-refractivity contribution in [3.63, 3.8) is 0 Å². The van der Waals surface area contributed by atoms with Crippen LogP contribution in [-0.2, 0) is 4.79 Å². The van der Waals surface area contributed by atoms with Gasteiger partial charge in [0, 0.05) is 16.3 Å². The number of carbonyl (C=O) groups excluding carboxylic acids is 1. The van der Waals surface area contributed by atoms with Gasteiger partial charge < -0.3 is 16.2 Å². The molecule has 0 aliphatic carbocycles. The maximum absolute atomic E-state index is 12.9. The van der Waals surface area contributed by atoms with Gasteiger partial charge in [0.15, 0.2) is 0 Å². The van der Waals surface area contributed by atoms with Crippen LogP contribution in [0.2, 0.25) is 0 Å². The lowest BCUT2D eigenvalue weighted by Crippen LogP contribution is -2.19. The third-order valence-corrected chi connectivity index (χ3v) is 5.10. The molecular weight excluding hydrogens is 360 g/mol. The number of hydrogen-bond donors (Lipinski definition) is 3. The number of carbonyl (C=O) groups is 2. The van der Waals surface area contributed by atoms with Crippen molar-refractivity contribution >= 4 is 35.0 Å². The topological polar surface area (TPSA) is 92.4 Å². The highest BCUT2D eigenvalue weighted by atomic mass is 32.2. The molecule has 3 rings (SSSR count). The fraction of sp³-hybridized carbons (Fsp3) is 0.0476. The van der Waals surface area contributed by atoms with Crippen LogP contribution in [0, 0.1) is 0 Å². The zero-order valence-electron chi connectivity index (χ0n) is 14.3. The van der Waals surface area contributed by atoms with Crippen LogP contribution in [0.4, 0.5) is 11.4 Å². The zero-order valence-corrected chi connectivity index (χ0v) is 15.1. The second kappa shape index (κ2) is 8.42. The van der Waals surface area contributed by atoms with E-state index >= 15 is 0 Å². The lowest BCUT2D eigenvalue weighted by molar-refractivity contribution is -0.115. The third-order valence-electron chi connectivity index (χ3n) is 3.85. The SMILES string of the molecule is Nc1cccc(SC(C(=O)Nc2ccc(C(=O)O)cc2)c2ccccc2)c1. The first-order chi connectivity index (χ1) is 13.0. The molecule has 0 heterocycles. The summed E-state index contributed by atoms with van der Waals surface area (Å²) in [5, 5.41) is 11.4. The fourth-order valence-corrected chi connectivity index (χ4v) is 3.62. The van der Waals surface area contributed by atoms with Gasteiger partial charge in [-0.3, -0.25) is 4.79 Å². The molecule has 0 spiro atoms. The fourth-order valence-electron chi connectivity index (χ4n) is 2.53. The molecule has 3 aromatic carbocycles. The quantitative estimate of drug-likeness (QED) is 0.436. The normalized spacial score (nSPS) is 11.6. The summed E-state index contributed by atoms with van der Waals surface area (Å²) in [5.41, 5.74) is 8.06. The Bertz CT molecular complexity index is 943. The van der Waals surface area contributed by atoms with Gasteiger partial charge in [-0.1, -0.05) is 36.4 Å². The summed E-state index contributed by atoms with van der Waals surface area (Å²) in [6.45, 7) is 0. The number of hydrogen-bond acceptors (Lipinski definition) is 4. The molecule has 27 heavy (non-hydrogen) atoms. The number of nitrogens with one attached hydrogen (secondary N) is 1. The molecule has 0 radical (unpaired) electrons. The molecule has 0 bridgehead atoms. The molecule has 0 aliphatic heterocycles. The van der Waals surface area contributed by atoms with Crippen molar-refractivity contribution in [1.29, 1.82) is 0 Å². The number of nitrogens with two attached hydrogens (primary N) is 1. The van der Waals surface area contributed by atoms with Gasteiger partial charge in [-0.2, -0.15) is 0 Å². The second-order valence-electron chi connectivity index (χ2n) is 5.85. The molecule has 5 nitrogen and oxygen atoms in total. The van der Waals surface area contributed by atoms with Crippen LogP contribution in [0.15, 0.2) is 83.8 Å². The van der Waals surface area contributed by atoms with Crippen molar-refractivity contribution in [2.75, 3.05) is 11.1 Å². The Morgan fingerprint density at radius 1 is 0.926 bits per heavy atom. The maximum atomic E-state index is 12.9. The van der Waals surface area contributed by atoms with Gasteiger partial charge >= 0.3 is 5.97 Å². The van der Waals surface area contributed by atoms with E-state index in [1.54, 1.807) is 18.2 Å². The molecule has 0 saturated carbocycles. The summed E-state index contributed by atoms with van der Waals surface area (Å²) >= 11 is 1.41. The van der Waals surface area contributed by atoms with E-state index in [2.05, 4.69) is 5.32 Å². The molecule has 3 aromatic rings. The van der Waals surface area contributed by atoms with Gasteiger partial charge in [0.2, 0.25) is 5.91 Å². The molecule has 0 fully saturated rings. The summed E-state index contributed by atoms with van der Waals surface area (Å²) in [6.07, 6.45) is 0. The Morgan fingerprint density at radius 3 is 2.26 bits per heavy atom. The van der Waals surface area contributed by atoms with Crippen molar-refractivity contribution in [2.24, 2.45) is 0 Å². The first-order valence-electron chi connectivity index (χ1n) is 8.24. The lowest BCUT2D eigenvalue weighted by Gasteiger charge is -2.17. The number of benzene rings is 3.